The van der Waals surface area contributed by atoms with E-state index in [0.29, 0.717) is 0 Å². The number of benzene rings is 10. The molecular weight excluding hydrogens is 845 g/mol. The third-order valence-electron chi connectivity index (χ3n) is 15.7. The standard InChI is InChI=1S/C68H58N2/c1-43-23-21-24-44(2)61(43)65-55-41-60-64(54-38-36-52(40-58(54)68(60,7)8)70(49-31-17-11-18-32-49)50-33-19-12-20-34-50)66(62-45(3)25-22-26-46(62)4)56(55)42-59-63(65)53-37-35-51(39-57(53)67(59,5)6)69(47-27-13-9-14-28-47)48-29-15-10-16-30-48/h9-42H,1-8H3. The van der Waals surface area contributed by atoms with E-state index in [1.807, 2.05) is 0 Å². The molecule has 0 atom stereocenters. The molecule has 0 aromatic heterocycles. The smallest absolute Gasteiger partial charge is 0.0465 e. The van der Waals surface area contributed by atoms with Gasteiger partial charge in [0.25, 0.3) is 0 Å². The maximum absolute atomic E-state index is 2.61. The maximum Gasteiger partial charge on any atom is 0.0465 e. The first kappa shape index (κ1) is 43.3. The van der Waals surface area contributed by atoms with Crippen molar-refractivity contribution in [3.63, 3.8) is 0 Å². The Morgan fingerprint density at radius 2 is 0.557 bits per heavy atom. The van der Waals surface area contributed by atoms with Crippen LogP contribution in [0.4, 0.5) is 34.1 Å². The van der Waals surface area contributed by atoms with Gasteiger partial charge in [-0.05, 0) is 212 Å². The van der Waals surface area contributed by atoms with Gasteiger partial charge in [0.1, 0.15) is 0 Å². The number of rotatable bonds is 8. The van der Waals surface area contributed by atoms with Crippen molar-refractivity contribution in [1.29, 1.82) is 0 Å². The first-order valence-corrected chi connectivity index (χ1v) is 24.9. The molecule has 0 saturated heterocycles. The molecule has 12 rings (SSSR count). The molecule has 0 bridgehead atoms. The minimum absolute atomic E-state index is 0.319. The van der Waals surface area contributed by atoms with Crippen molar-refractivity contribution in [3.05, 3.63) is 251 Å². The molecule has 0 radical (unpaired) electrons. The van der Waals surface area contributed by atoms with E-state index in [1.165, 1.54) is 99.8 Å². The molecule has 0 N–H and O–H groups in total. The molecule has 2 nitrogen and oxygen atoms in total. The van der Waals surface area contributed by atoms with Crippen LogP contribution < -0.4 is 9.80 Å². The van der Waals surface area contributed by atoms with E-state index in [2.05, 4.69) is 271 Å². The van der Waals surface area contributed by atoms with Crippen LogP contribution in [0.2, 0.25) is 0 Å². The number of nitrogens with zero attached hydrogens (tertiary/aromatic N) is 2. The Morgan fingerprint density at radius 3 is 0.857 bits per heavy atom. The summed E-state index contributed by atoms with van der Waals surface area (Å²) in [6.07, 6.45) is 0. The van der Waals surface area contributed by atoms with Gasteiger partial charge >= 0.3 is 0 Å². The summed E-state index contributed by atoms with van der Waals surface area (Å²) in [5.41, 5.74) is 27.5. The predicted molar refractivity (Wildman–Crippen MR) is 298 cm³/mol. The molecule has 0 saturated carbocycles. The molecule has 70 heavy (non-hydrogen) atoms. The summed E-state index contributed by atoms with van der Waals surface area (Å²) in [6, 6.07) is 76.5. The van der Waals surface area contributed by atoms with Crippen molar-refractivity contribution in [2.45, 2.75) is 66.2 Å². The Labute approximate surface area is 414 Å². The number of hydrogen-bond donors (Lipinski definition) is 0. The van der Waals surface area contributed by atoms with Crippen molar-refractivity contribution < 1.29 is 0 Å². The van der Waals surface area contributed by atoms with E-state index in [4.69, 9.17) is 0 Å². The normalized spacial score (nSPS) is 13.7. The molecule has 10 aromatic carbocycles. The molecule has 0 aliphatic heterocycles. The van der Waals surface area contributed by atoms with Gasteiger partial charge in [-0.3, -0.25) is 0 Å². The fourth-order valence-electron chi connectivity index (χ4n) is 12.3. The lowest BCUT2D eigenvalue weighted by Crippen LogP contribution is -2.17. The van der Waals surface area contributed by atoms with Gasteiger partial charge in [-0.15, -0.1) is 0 Å². The largest absolute Gasteiger partial charge is 0.310 e. The topological polar surface area (TPSA) is 6.48 Å². The molecule has 0 amide bonds. The van der Waals surface area contributed by atoms with Crippen LogP contribution in [-0.2, 0) is 10.8 Å². The van der Waals surface area contributed by atoms with Gasteiger partial charge in [0.15, 0.2) is 0 Å². The second kappa shape index (κ2) is 16.4. The molecule has 0 fully saturated rings. The summed E-state index contributed by atoms with van der Waals surface area (Å²) in [5.74, 6) is 0. The van der Waals surface area contributed by atoms with Gasteiger partial charge in [0, 0.05) is 45.0 Å². The van der Waals surface area contributed by atoms with Crippen LogP contribution in [0.1, 0.15) is 72.2 Å². The van der Waals surface area contributed by atoms with Gasteiger partial charge in [0.2, 0.25) is 0 Å². The van der Waals surface area contributed by atoms with Crippen molar-refractivity contribution in [2.24, 2.45) is 0 Å². The van der Waals surface area contributed by atoms with Crippen LogP contribution in [-0.4, -0.2) is 0 Å². The van der Waals surface area contributed by atoms with E-state index in [9.17, 15) is 0 Å². The van der Waals surface area contributed by atoms with Gasteiger partial charge in [-0.25, -0.2) is 0 Å². The van der Waals surface area contributed by atoms with Gasteiger partial charge < -0.3 is 9.80 Å². The van der Waals surface area contributed by atoms with Crippen LogP contribution >= 0.6 is 0 Å². The molecule has 10 aromatic rings. The van der Waals surface area contributed by atoms with E-state index in [1.54, 1.807) is 0 Å². The monoisotopic (exact) mass is 902 g/mol. The van der Waals surface area contributed by atoms with Crippen molar-refractivity contribution in [2.75, 3.05) is 9.80 Å². The Morgan fingerprint density at radius 1 is 0.257 bits per heavy atom. The SMILES string of the molecule is Cc1cccc(C)c1-c1c2c(cc3c(-c4c(C)cccc4C)c4c(cc13)C(C)(C)c1cc(N(c3ccccc3)c3ccccc3)ccc1-4)C(C)(C)c1cc(N(c3ccccc3)c3ccccc3)ccc1-2. The zero-order chi connectivity index (χ0) is 48.1. The van der Waals surface area contributed by atoms with E-state index < -0.39 is 0 Å². The molecule has 2 aliphatic rings. The number of para-hydroxylation sites is 4. The van der Waals surface area contributed by atoms with Crippen LogP contribution in [0.15, 0.2) is 206 Å². The summed E-state index contributed by atoms with van der Waals surface area (Å²) >= 11 is 0. The van der Waals surface area contributed by atoms with Gasteiger partial charge in [0.05, 0.1) is 0 Å². The highest BCUT2D eigenvalue weighted by atomic mass is 15.1. The Balaban J connectivity index is 1.17. The molecule has 0 unspecified atom stereocenters. The highest BCUT2D eigenvalue weighted by molar-refractivity contribution is 6.18. The summed E-state index contributed by atoms with van der Waals surface area (Å²) in [5, 5.41) is 2.62. The first-order valence-electron chi connectivity index (χ1n) is 24.9. The van der Waals surface area contributed by atoms with Gasteiger partial charge in [-0.1, -0.05) is 149 Å². The quantitative estimate of drug-likeness (QED) is 0.150. The summed E-state index contributed by atoms with van der Waals surface area (Å²) in [4.78, 5) is 4.80. The van der Waals surface area contributed by atoms with Gasteiger partial charge in [-0.2, -0.15) is 0 Å². The third kappa shape index (κ3) is 6.61. The average molecular weight is 903 g/mol. The molecule has 2 aliphatic carbocycles. The maximum atomic E-state index is 2.61. The molecule has 0 heterocycles. The fraction of sp³-hybridized carbons (Fsp3) is 0.147. The number of aryl methyl sites for hydroxylation is 4. The summed E-state index contributed by atoms with van der Waals surface area (Å²) in [6.45, 7) is 19.0. The summed E-state index contributed by atoms with van der Waals surface area (Å²) in [7, 11) is 0. The Kier molecular flexibility index (Phi) is 10.1. The van der Waals surface area contributed by atoms with Crippen LogP contribution in [0.25, 0.3) is 55.3 Å². The van der Waals surface area contributed by atoms with Crippen molar-refractivity contribution in [1.82, 2.24) is 0 Å². The summed E-state index contributed by atoms with van der Waals surface area (Å²) < 4.78 is 0. The second-order valence-corrected chi connectivity index (χ2v) is 20.7. The average Bonchev–Trinajstić information content (AvgIpc) is 3.73. The van der Waals surface area contributed by atoms with E-state index in [-0.39, 0.29) is 10.8 Å². The highest BCUT2D eigenvalue weighted by Gasteiger charge is 2.43. The van der Waals surface area contributed by atoms with Crippen molar-refractivity contribution >= 4 is 44.9 Å². The molecular formula is C68H58N2. The predicted octanol–water partition coefficient (Wildman–Crippen LogP) is 19.0. The van der Waals surface area contributed by atoms with Crippen LogP contribution in [0, 0.1) is 27.7 Å². The zero-order valence-corrected chi connectivity index (χ0v) is 41.5. The lowest BCUT2D eigenvalue weighted by Gasteiger charge is -2.29. The van der Waals surface area contributed by atoms with Crippen LogP contribution in [0.5, 0.6) is 0 Å². The van der Waals surface area contributed by atoms with Crippen LogP contribution in [0.3, 0.4) is 0 Å². The lowest BCUT2D eigenvalue weighted by atomic mass is 9.75. The Hall–Kier alpha value is -7.94. The third-order valence-corrected chi connectivity index (χ3v) is 15.7. The minimum Gasteiger partial charge on any atom is -0.310 e. The second-order valence-electron chi connectivity index (χ2n) is 20.7. The molecule has 2 heteroatoms. The number of hydrogen-bond acceptors (Lipinski definition) is 2. The van der Waals surface area contributed by atoms with E-state index >= 15 is 0 Å². The molecule has 340 valence electrons. The molecule has 0 spiro atoms. The Bertz CT molecular complexity index is 3310. The minimum atomic E-state index is -0.319. The number of fused-ring (bicyclic) bond motifs is 7. The zero-order valence-electron chi connectivity index (χ0n) is 41.5. The van der Waals surface area contributed by atoms with E-state index in [0.717, 1.165) is 34.1 Å². The van der Waals surface area contributed by atoms with Crippen molar-refractivity contribution in [3.8, 4) is 44.5 Å². The highest BCUT2D eigenvalue weighted by Crippen LogP contribution is 2.61. The number of anilines is 6. The lowest BCUT2D eigenvalue weighted by molar-refractivity contribution is 0.660. The first-order chi connectivity index (χ1) is 33.9. The fourth-order valence-corrected chi connectivity index (χ4v) is 12.3.